The number of thiophene rings is 1. The highest BCUT2D eigenvalue weighted by molar-refractivity contribution is 9.10. The number of nitrogens with one attached hydrogen (secondary N) is 1. The number of hydrogen-bond acceptors (Lipinski definition) is 5. The molecule has 0 fully saturated rings. The Hall–Kier alpha value is -1.09. The first-order valence-corrected chi connectivity index (χ1v) is 9.46. The lowest BCUT2D eigenvalue weighted by Gasteiger charge is -2.08. The van der Waals surface area contributed by atoms with Gasteiger partial charge < -0.3 is 10.5 Å². The van der Waals surface area contributed by atoms with Crippen LogP contribution in [0.3, 0.4) is 0 Å². The summed E-state index contributed by atoms with van der Waals surface area (Å²) in [6.07, 6.45) is 0. The van der Waals surface area contributed by atoms with Gasteiger partial charge in [0.1, 0.15) is 12.4 Å². The minimum Gasteiger partial charge on any atom is -0.492 e. The second-order valence-electron chi connectivity index (χ2n) is 4.29. The molecule has 8 heteroatoms. The molecule has 0 aliphatic rings. The molecule has 114 valence electrons. The predicted octanol–water partition coefficient (Wildman–Crippen LogP) is 2.59. The lowest BCUT2D eigenvalue weighted by atomic mass is 10.3. The zero-order chi connectivity index (χ0) is 15.3. The molecule has 2 rings (SSSR count). The highest BCUT2D eigenvalue weighted by Gasteiger charge is 2.11. The fraction of sp³-hybridized carbons (Fsp3) is 0.231. The van der Waals surface area contributed by atoms with E-state index >= 15 is 0 Å². The van der Waals surface area contributed by atoms with E-state index < -0.39 is 10.0 Å². The molecule has 3 N–H and O–H groups in total. The molecule has 21 heavy (non-hydrogen) atoms. The Morgan fingerprint density at radius 3 is 2.81 bits per heavy atom. The molecule has 5 nitrogen and oxygen atoms in total. The Morgan fingerprint density at radius 2 is 2.14 bits per heavy atom. The average Bonchev–Trinajstić information content (AvgIpc) is 2.82. The first-order chi connectivity index (χ1) is 9.94. The van der Waals surface area contributed by atoms with E-state index in [2.05, 4.69) is 20.7 Å². The zero-order valence-electron chi connectivity index (χ0n) is 11.1. The quantitative estimate of drug-likeness (QED) is 0.711. The summed E-state index contributed by atoms with van der Waals surface area (Å²) in [7, 11) is -3.37. The fourth-order valence-electron chi connectivity index (χ4n) is 1.57. The maximum Gasteiger partial charge on any atom is 0.215 e. The van der Waals surface area contributed by atoms with Gasteiger partial charge in [0, 0.05) is 33.0 Å². The van der Waals surface area contributed by atoms with E-state index in [4.69, 9.17) is 10.5 Å². The SMILES string of the molecule is Nc1cccc(OCCS(=O)(=O)NCc2cc(Br)cs2)c1. The molecule has 0 saturated heterocycles. The number of anilines is 1. The van der Waals surface area contributed by atoms with Gasteiger partial charge in [0.05, 0.1) is 5.75 Å². The maximum absolute atomic E-state index is 11.8. The van der Waals surface area contributed by atoms with E-state index in [-0.39, 0.29) is 18.9 Å². The van der Waals surface area contributed by atoms with Crippen LogP contribution in [0.15, 0.2) is 40.2 Å². The van der Waals surface area contributed by atoms with Crippen LogP contribution < -0.4 is 15.2 Å². The monoisotopic (exact) mass is 390 g/mol. The van der Waals surface area contributed by atoms with E-state index in [1.54, 1.807) is 24.3 Å². The van der Waals surface area contributed by atoms with Gasteiger partial charge in [0.2, 0.25) is 10.0 Å². The molecule has 1 aromatic carbocycles. The van der Waals surface area contributed by atoms with Crippen molar-refractivity contribution in [2.75, 3.05) is 18.1 Å². The van der Waals surface area contributed by atoms with E-state index in [1.807, 2.05) is 11.4 Å². The first-order valence-electron chi connectivity index (χ1n) is 6.13. The highest BCUT2D eigenvalue weighted by Crippen LogP contribution is 2.19. The Bertz CT molecular complexity index is 701. The molecule has 0 atom stereocenters. The van der Waals surface area contributed by atoms with Crippen molar-refractivity contribution in [3.8, 4) is 5.75 Å². The van der Waals surface area contributed by atoms with Crippen LogP contribution in [-0.4, -0.2) is 20.8 Å². The molecule has 1 aromatic heterocycles. The van der Waals surface area contributed by atoms with Gasteiger partial charge >= 0.3 is 0 Å². The average molecular weight is 391 g/mol. The Labute approximate surface area is 136 Å². The summed E-state index contributed by atoms with van der Waals surface area (Å²) in [5.74, 6) is 0.460. The molecule has 0 aliphatic carbocycles. The van der Waals surface area contributed by atoms with E-state index in [0.717, 1.165) is 9.35 Å². The van der Waals surface area contributed by atoms with Crippen molar-refractivity contribution in [2.24, 2.45) is 0 Å². The molecule has 0 amide bonds. The summed E-state index contributed by atoms with van der Waals surface area (Å²) in [5, 5.41) is 1.91. The predicted molar refractivity (Wildman–Crippen MR) is 89.0 cm³/mol. The van der Waals surface area contributed by atoms with Gasteiger partial charge in [-0.25, -0.2) is 13.1 Å². The number of halogens is 1. The number of ether oxygens (including phenoxy) is 1. The molecule has 2 aromatic rings. The van der Waals surface area contributed by atoms with E-state index in [0.29, 0.717) is 11.4 Å². The number of nitrogens with two attached hydrogens (primary N) is 1. The number of rotatable bonds is 7. The fourth-order valence-corrected chi connectivity index (χ4v) is 3.88. The van der Waals surface area contributed by atoms with Gasteiger partial charge in [0.25, 0.3) is 0 Å². The van der Waals surface area contributed by atoms with Crippen molar-refractivity contribution < 1.29 is 13.2 Å². The molecule has 1 heterocycles. The minimum absolute atomic E-state index is 0.0763. The molecule has 0 spiro atoms. The Balaban J connectivity index is 1.78. The van der Waals surface area contributed by atoms with Crippen LogP contribution >= 0.6 is 27.3 Å². The largest absolute Gasteiger partial charge is 0.492 e. The first kappa shape index (κ1) is 16.3. The minimum atomic E-state index is -3.37. The van der Waals surface area contributed by atoms with Gasteiger partial charge in [-0.2, -0.15) is 0 Å². The topological polar surface area (TPSA) is 81.4 Å². The van der Waals surface area contributed by atoms with Crippen LogP contribution in [0.4, 0.5) is 5.69 Å². The van der Waals surface area contributed by atoms with Crippen molar-refractivity contribution in [3.63, 3.8) is 0 Å². The maximum atomic E-state index is 11.8. The third-order valence-electron chi connectivity index (χ3n) is 2.57. The van der Waals surface area contributed by atoms with Crippen molar-refractivity contribution in [2.45, 2.75) is 6.54 Å². The molecule has 0 unspecified atom stereocenters. The van der Waals surface area contributed by atoms with Crippen LogP contribution in [0.25, 0.3) is 0 Å². The standard InChI is InChI=1S/C13H15BrN2O3S2/c14-10-6-13(20-9-10)8-16-21(17,18)5-4-19-12-3-1-2-11(15)7-12/h1-3,6-7,9,16H,4-5,8,15H2. The summed E-state index contributed by atoms with van der Waals surface area (Å²) in [6, 6.07) is 8.77. The Kier molecular flexibility index (Phi) is 5.63. The van der Waals surface area contributed by atoms with Gasteiger partial charge in [-0.1, -0.05) is 6.07 Å². The van der Waals surface area contributed by atoms with E-state index in [1.165, 1.54) is 11.3 Å². The number of sulfonamides is 1. The highest BCUT2D eigenvalue weighted by atomic mass is 79.9. The van der Waals surface area contributed by atoms with Crippen LogP contribution in [0.2, 0.25) is 0 Å². The smallest absolute Gasteiger partial charge is 0.215 e. The van der Waals surface area contributed by atoms with Gasteiger partial charge in [-0.3, -0.25) is 0 Å². The summed E-state index contributed by atoms with van der Waals surface area (Å²) >= 11 is 4.82. The number of hydrogen-bond donors (Lipinski definition) is 2. The van der Waals surface area contributed by atoms with Gasteiger partial charge in [0.15, 0.2) is 0 Å². The van der Waals surface area contributed by atoms with E-state index in [9.17, 15) is 8.42 Å². The van der Waals surface area contributed by atoms with Crippen molar-refractivity contribution >= 4 is 43.0 Å². The second-order valence-corrected chi connectivity index (χ2v) is 8.13. The van der Waals surface area contributed by atoms with Crippen molar-refractivity contribution in [1.29, 1.82) is 0 Å². The summed E-state index contributed by atoms with van der Waals surface area (Å²) in [6.45, 7) is 0.365. The number of nitrogen functional groups attached to an aromatic ring is 1. The normalized spacial score (nSPS) is 11.5. The second kappa shape index (κ2) is 7.26. The molecule has 0 aliphatic heterocycles. The lowest BCUT2D eigenvalue weighted by molar-refractivity contribution is 0.340. The molecule has 0 saturated carbocycles. The summed E-state index contributed by atoms with van der Waals surface area (Å²) in [5.41, 5.74) is 6.20. The molecule has 0 radical (unpaired) electrons. The third-order valence-corrected chi connectivity index (χ3v) is 5.55. The molecular formula is C13H15BrN2O3S2. The van der Waals surface area contributed by atoms with Gasteiger partial charge in [-0.05, 0) is 34.1 Å². The molecule has 0 bridgehead atoms. The molecular weight excluding hydrogens is 376 g/mol. The summed E-state index contributed by atoms with van der Waals surface area (Å²) in [4.78, 5) is 0.946. The summed E-state index contributed by atoms with van der Waals surface area (Å²) < 4.78 is 32.6. The number of benzene rings is 1. The van der Waals surface area contributed by atoms with Crippen molar-refractivity contribution in [1.82, 2.24) is 4.72 Å². The Morgan fingerprint density at radius 1 is 1.33 bits per heavy atom. The third kappa shape index (κ3) is 5.66. The lowest BCUT2D eigenvalue weighted by Crippen LogP contribution is -2.28. The zero-order valence-corrected chi connectivity index (χ0v) is 14.3. The van der Waals surface area contributed by atoms with Crippen LogP contribution in [0.5, 0.6) is 5.75 Å². The van der Waals surface area contributed by atoms with Crippen molar-refractivity contribution in [3.05, 3.63) is 45.1 Å². The van der Waals surface area contributed by atoms with Gasteiger partial charge in [-0.15, -0.1) is 11.3 Å². The van der Waals surface area contributed by atoms with Crippen LogP contribution in [-0.2, 0) is 16.6 Å². The van der Waals surface area contributed by atoms with Crippen LogP contribution in [0.1, 0.15) is 4.88 Å². The van der Waals surface area contributed by atoms with Crippen LogP contribution in [0, 0.1) is 0 Å².